The predicted octanol–water partition coefficient (Wildman–Crippen LogP) is 3.31. The summed E-state index contributed by atoms with van der Waals surface area (Å²) in [6.07, 6.45) is 7.53. The van der Waals surface area contributed by atoms with Crippen LogP contribution in [-0.2, 0) is 23.0 Å². The fraction of sp³-hybridized carbons (Fsp3) is 0.450. The monoisotopic (exact) mass is 357 g/mol. The van der Waals surface area contributed by atoms with Crippen LogP contribution in [0, 0.1) is 0 Å². The van der Waals surface area contributed by atoms with Crippen LogP contribution < -0.4 is 4.74 Å². The maximum atomic E-state index is 12.4. The van der Waals surface area contributed by atoms with Crippen LogP contribution in [-0.4, -0.2) is 24.8 Å². The molecule has 2 aliphatic heterocycles. The first-order valence-electron chi connectivity index (χ1n) is 8.88. The third-order valence-corrected chi connectivity index (χ3v) is 7.46. The summed E-state index contributed by atoms with van der Waals surface area (Å²) in [5.74, 6) is 0.659. The number of pyridine rings is 1. The summed E-state index contributed by atoms with van der Waals surface area (Å²) in [7, 11) is -0.802. The van der Waals surface area contributed by atoms with Crippen LogP contribution >= 0.6 is 0 Å². The summed E-state index contributed by atoms with van der Waals surface area (Å²) in [4.78, 5) is 4.27. The molecule has 2 aromatic rings. The van der Waals surface area contributed by atoms with Gasteiger partial charge in [-0.2, -0.15) is 0 Å². The minimum Gasteiger partial charge on any atom is -0.487 e. The Morgan fingerprint density at radius 2 is 1.88 bits per heavy atom. The first kappa shape index (κ1) is 16.7. The number of rotatable bonds is 4. The zero-order chi connectivity index (χ0) is 17.3. The van der Waals surface area contributed by atoms with E-state index in [0.29, 0.717) is 25.2 Å². The molecule has 132 valence electrons. The van der Waals surface area contributed by atoms with E-state index < -0.39 is 16.4 Å². The Morgan fingerprint density at radius 3 is 2.60 bits per heavy atom. The molecule has 0 saturated carbocycles. The molecule has 0 amide bonds. The van der Waals surface area contributed by atoms with Crippen LogP contribution in [0.2, 0.25) is 0 Å². The van der Waals surface area contributed by atoms with Gasteiger partial charge in [0.15, 0.2) is 0 Å². The van der Waals surface area contributed by atoms with E-state index in [1.54, 1.807) is 12.4 Å². The maximum Gasteiger partial charge on any atom is 0.138 e. The molecule has 2 fully saturated rings. The highest BCUT2D eigenvalue weighted by Crippen LogP contribution is 2.44. The number of benzene rings is 1. The van der Waals surface area contributed by atoms with Crippen LogP contribution in [0.1, 0.15) is 43.2 Å². The second kappa shape index (κ2) is 6.89. The van der Waals surface area contributed by atoms with E-state index in [9.17, 15) is 9.32 Å². The molecule has 0 spiro atoms. The highest BCUT2D eigenvalue weighted by atomic mass is 32.2. The second-order valence-corrected chi connectivity index (χ2v) is 9.12. The molecule has 1 N–H and O–H groups in total. The minimum atomic E-state index is -0.942. The molecule has 1 aromatic heterocycles. The lowest BCUT2D eigenvalue weighted by molar-refractivity contribution is 0.00599. The lowest BCUT2D eigenvalue weighted by Gasteiger charge is -2.43. The molecule has 0 radical (unpaired) electrons. The quantitative estimate of drug-likeness (QED) is 0.912. The lowest BCUT2D eigenvalue weighted by Crippen LogP contribution is -2.47. The number of hydrogen-bond acceptors (Lipinski definition) is 4. The highest BCUT2D eigenvalue weighted by Gasteiger charge is 2.46. The summed E-state index contributed by atoms with van der Waals surface area (Å²) in [6, 6.07) is 11.9. The summed E-state index contributed by atoms with van der Waals surface area (Å²) < 4.78 is 18.3. The van der Waals surface area contributed by atoms with Crippen LogP contribution in [0.5, 0.6) is 5.75 Å². The highest BCUT2D eigenvalue weighted by molar-refractivity contribution is 7.86. The van der Waals surface area contributed by atoms with Gasteiger partial charge in [-0.25, -0.2) is 0 Å². The molecular weight excluding hydrogens is 334 g/mol. The standard InChI is InChI=1S/C20H23NO3S/c22-20(10-18-7-4-8-19(11-20)25(18)23)16-9-17(13-21-12-16)24-14-15-5-2-1-3-6-15/h1-3,5-6,9,12-13,18-19,22H,4,7-8,10-11,14H2. The number of nitrogens with zero attached hydrogens (tertiary/aromatic N) is 1. The van der Waals surface area contributed by atoms with E-state index >= 15 is 0 Å². The molecule has 2 bridgehead atoms. The van der Waals surface area contributed by atoms with Gasteiger partial charge in [0.25, 0.3) is 0 Å². The van der Waals surface area contributed by atoms with Gasteiger partial charge in [-0.15, -0.1) is 0 Å². The summed E-state index contributed by atoms with van der Waals surface area (Å²) in [5, 5.41) is 11.5. The summed E-state index contributed by atoms with van der Waals surface area (Å²) in [5.41, 5.74) is 0.934. The third kappa shape index (κ3) is 3.48. The van der Waals surface area contributed by atoms with Crippen molar-refractivity contribution in [2.24, 2.45) is 0 Å². The number of hydrogen-bond donors (Lipinski definition) is 1. The van der Waals surface area contributed by atoms with Gasteiger partial charge >= 0.3 is 0 Å². The van der Waals surface area contributed by atoms with E-state index in [0.717, 1.165) is 30.4 Å². The molecule has 1 aromatic carbocycles. The summed E-state index contributed by atoms with van der Waals surface area (Å²) >= 11 is 0. The van der Waals surface area contributed by atoms with Crippen LogP contribution in [0.25, 0.3) is 0 Å². The van der Waals surface area contributed by atoms with E-state index in [1.165, 1.54) is 0 Å². The molecule has 2 aliphatic rings. The van der Waals surface area contributed by atoms with Crippen molar-refractivity contribution in [2.75, 3.05) is 0 Å². The lowest BCUT2D eigenvalue weighted by atomic mass is 9.81. The fourth-order valence-corrected chi connectivity index (χ4v) is 6.23. The van der Waals surface area contributed by atoms with Crippen molar-refractivity contribution in [3.05, 3.63) is 59.9 Å². The molecular formula is C20H23NO3S. The van der Waals surface area contributed by atoms with Gasteiger partial charge in [-0.3, -0.25) is 9.19 Å². The number of fused-ring (bicyclic) bond motifs is 2. The predicted molar refractivity (Wildman–Crippen MR) is 97.7 cm³/mol. The Labute approximate surface area is 150 Å². The van der Waals surface area contributed by atoms with E-state index in [-0.39, 0.29) is 10.5 Å². The van der Waals surface area contributed by atoms with Gasteiger partial charge in [0, 0.05) is 33.1 Å². The first-order valence-corrected chi connectivity index (χ1v) is 10.2. The number of ether oxygens (including phenoxy) is 1. The molecule has 3 heterocycles. The molecule has 4 rings (SSSR count). The topological polar surface area (TPSA) is 59.4 Å². The molecule has 5 heteroatoms. The van der Waals surface area contributed by atoms with Crippen molar-refractivity contribution in [2.45, 2.75) is 54.8 Å². The Kier molecular flexibility index (Phi) is 4.61. The largest absolute Gasteiger partial charge is 0.487 e. The van der Waals surface area contributed by atoms with Gasteiger partial charge in [0.1, 0.15) is 12.4 Å². The maximum absolute atomic E-state index is 12.4. The van der Waals surface area contributed by atoms with Crippen molar-refractivity contribution < 1.29 is 14.1 Å². The zero-order valence-electron chi connectivity index (χ0n) is 14.1. The van der Waals surface area contributed by atoms with Crippen molar-refractivity contribution >= 4 is 10.8 Å². The van der Waals surface area contributed by atoms with Gasteiger partial charge < -0.3 is 9.84 Å². The van der Waals surface area contributed by atoms with E-state index in [2.05, 4.69) is 4.98 Å². The number of aromatic nitrogens is 1. The average Bonchev–Trinajstić information content (AvgIpc) is 2.63. The Hall–Kier alpha value is -1.72. The van der Waals surface area contributed by atoms with Crippen molar-refractivity contribution in [3.63, 3.8) is 0 Å². The zero-order valence-corrected chi connectivity index (χ0v) is 15.0. The third-order valence-electron chi connectivity index (χ3n) is 5.34. The van der Waals surface area contributed by atoms with Gasteiger partial charge in [0.2, 0.25) is 0 Å². The molecule has 2 atom stereocenters. The van der Waals surface area contributed by atoms with Crippen molar-refractivity contribution in [3.8, 4) is 5.75 Å². The van der Waals surface area contributed by atoms with Crippen molar-refractivity contribution in [1.82, 2.24) is 4.98 Å². The molecule has 25 heavy (non-hydrogen) atoms. The van der Waals surface area contributed by atoms with Crippen LogP contribution in [0.3, 0.4) is 0 Å². The van der Waals surface area contributed by atoms with Gasteiger partial charge in [-0.1, -0.05) is 36.8 Å². The van der Waals surface area contributed by atoms with E-state index in [1.807, 2.05) is 36.4 Å². The van der Waals surface area contributed by atoms with Crippen molar-refractivity contribution in [1.29, 1.82) is 0 Å². The smallest absolute Gasteiger partial charge is 0.138 e. The Morgan fingerprint density at radius 1 is 1.16 bits per heavy atom. The number of aliphatic hydroxyl groups is 1. The normalized spacial score (nSPS) is 31.5. The molecule has 0 aliphatic carbocycles. The SMILES string of the molecule is O=S1C2CCCC1CC(O)(c1cncc(OCc3ccccc3)c1)C2. The van der Waals surface area contributed by atoms with Crippen LogP contribution in [0.15, 0.2) is 48.8 Å². The Balaban J connectivity index is 1.52. The molecule has 4 nitrogen and oxygen atoms in total. The minimum absolute atomic E-state index is 0.103. The van der Waals surface area contributed by atoms with Gasteiger partial charge in [-0.05, 0) is 37.3 Å². The average molecular weight is 357 g/mol. The second-order valence-electron chi connectivity index (χ2n) is 7.13. The molecule has 2 unspecified atom stereocenters. The summed E-state index contributed by atoms with van der Waals surface area (Å²) in [6.45, 7) is 0.472. The first-order chi connectivity index (χ1) is 12.1. The van der Waals surface area contributed by atoms with Crippen LogP contribution in [0.4, 0.5) is 0 Å². The fourth-order valence-electron chi connectivity index (χ4n) is 4.01. The molecule has 2 saturated heterocycles. The Bertz CT molecular complexity index is 749. The van der Waals surface area contributed by atoms with Gasteiger partial charge in [0.05, 0.1) is 11.8 Å². The van der Waals surface area contributed by atoms with E-state index in [4.69, 9.17) is 4.74 Å².